The molecule has 27 heavy (non-hydrogen) atoms. The predicted octanol–water partition coefficient (Wildman–Crippen LogP) is 4.23. The van der Waals surface area contributed by atoms with Crippen LogP contribution in [0.15, 0.2) is 46.3 Å². The van der Waals surface area contributed by atoms with E-state index in [9.17, 15) is 4.79 Å². The number of carbonyl (C=O) groups excluding carboxylic acids is 1. The first kappa shape index (κ1) is 18.1. The van der Waals surface area contributed by atoms with Crippen LogP contribution in [0.1, 0.15) is 19.4 Å². The Morgan fingerprint density at radius 1 is 1.19 bits per heavy atom. The number of aromatic nitrogens is 1. The predicted molar refractivity (Wildman–Crippen MR) is 109 cm³/mol. The van der Waals surface area contributed by atoms with Crippen molar-refractivity contribution in [1.29, 1.82) is 0 Å². The Morgan fingerprint density at radius 2 is 1.93 bits per heavy atom. The van der Waals surface area contributed by atoms with E-state index in [1.54, 1.807) is 11.8 Å². The van der Waals surface area contributed by atoms with Crippen LogP contribution in [0.25, 0.3) is 10.2 Å². The SMILES string of the molecule is CCSc1ccc(CC(=O)N=c2sc3cc4c(cc3n2CC)OCO4)cc1. The molecule has 0 atom stereocenters. The fraction of sp³-hybridized carbons (Fsp3) is 0.300. The zero-order valence-electron chi connectivity index (χ0n) is 15.2. The molecule has 2 aromatic carbocycles. The number of ether oxygens (including phenoxy) is 2. The molecule has 1 aromatic heterocycles. The topological polar surface area (TPSA) is 52.8 Å². The standard InChI is InChI=1S/C20H20N2O3S2/c1-3-22-15-10-16-17(25-12-24-16)11-18(15)27-20(22)21-19(23)9-13-5-7-14(8-6-13)26-4-2/h5-8,10-11H,3-4,9,12H2,1-2H3. The van der Waals surface area contributed by atoms with Crippen LogP contribution >= 0.6 is 23.1 Å². The molecule has 4 rings (SSSR count). The van der Waals surface area contributed by atoms with Crippen molar-refractivity contribution in [3.8, 4) is 11.5 Å². The van der Waals surface area contributed by atoms with Crippen molar-refractivity contribution in [2.24, 2.45) is 4.99 Å². The van der Waals surface area contributed by atoms with E-state index in [1.165, 1.54) is 16.2 Å². The van der Waals surface area contributed by atoms with Crippen molar-refractivity contribution >= 4 is 39.2 Å². The number of nitrogens with zero attached hydrogens (tertiary/aromatic N) is 2. The lowest BCUT2D eigenvalue weighted by atomic mass is 10.1. The lowest BCUT2D eigenvalue weighted by Gasteiger charge is -2.02. The zero-order valence-corrected chi connectivity index (χ0v) is 16.9. The van der Waals surface area contributed by atoms with Crippen molar-refractivity contribution in [3.63, 3.8) is 0 Å². The Hall–Kier alpha value is -2.25. The van der Waals surface area contributed by atoms with Gasteiger partial charge in [0.05, 0.1) is 16.6 Å². The van der Waals surface area contributed by atoms with Crippen molar-refractivity contribution in [3.05, 3.63) is 46.8 Å². The van der Waals surface area contributed by atoms with Gasteiger partial charge in [-0.05, 0) is 30.4 Å². The summed E-state index contributed by atoms with van der Waals surface area (Å²) in [5.41, 5.74) is 1.99. The summed E-state index contributed by atoms with van der Waals surface area (Å²) in [4.78, 5) is 18.8. The Labute approximate surface area is 165 Å². The van der Waals surface area contributed by atoms with Gasteiger partial charge in [0.2, 0.25) is 6.79 Å². The summed E-state index contributed by atoms with van der Waals surface area (Å²) < 4.78 is 14.0. The molecule has 0 fully saturated rings. The number of amides is 1. The number of hydrogen-bond donors (Lipinski definition) is 0. The number of thioether (sulfide) groups is 1. The second-order valence-corrected chi connectivity index (χ2v) is 8.41. The Kier molecular flexibility index (Phi) is 5.22. The van der Waals surface area contributed by atoms with Gasteiger partial charge in [-0.1, -0.05) is 30.4 Å². The summed E-state index contributed by atoms with van der Waals surface area (Å²) in [6.45, 7) is 5.16. The smallest absolute Gasteiger partial charge is 0.252 e. The van der Waals surface area contributed by atoms with Gasteiger partial charge in [0, 0.05) is 23.6 Å². The van der Waals surface area contributed by atoms with Crippen molar-refractivity contribution in [1.82, 2.24) is 4.57 Å². The molecule has 0 aliphatic carbocycles. The number of thiazole rings is 1. The van der Waals surface area contributed by atoms with Crippen molar-refractivity contribution < 1.29 is 14.3 Å². The molecule has 140 valence electrons. The highest BCUT2D eigenvalue weighted by Crippen LogP contribution is 2.36. The summed E-state index contributed by atoms with van der Waals surface area (Å²) in [5.74, 6) is 2.39. The van der Waals surface area contributed by atoms with E-state index in [1.807, 2.05) is 35.8 Å². The highest BCUT2D eigenvalue weighted by molar-refractivity contribution is 7.99. The van der Waals surface area contributed by atoms with Gasteiger partial charge in [-0.25, -0.2) is 0 Å². The fourth-order valence-corrected chi connectivity index (χ4v) is 4.82. The number of benzene rings is 2. The summed E-state index contributed by atoms with van der Waals surface area (Å²) in [5, 5.41) is 0. The number of carbonyl (C=O) groups is 1. The first-order chi connectivity index (χ1) is 13.2. The maximum atomic E-state index is 12.5. The van der Waals surface area contributed by atoms with Crippen LogP contribution in [-0.2, 0) is 17.8 Å². The minimum atomic E-state index is -0.139. The van der Waals surface area contributed by atoms with E-state index in [0.717, 1.165) is 39.6 Å². The Bertz CT molecular complexity index is 1050. The van der Waals surface area contributed by atoms with Gasteiger partial charge < -0.3 is 14.0 Å². The third kappa shape index (κ3) is 3.75. The van der Waals surface area contributed by atoms with E-state index < -0.39 is 0 Å². The third-order valence-electron chi connectivity index (χ3n) is 4.30. The Balaban J connectivity index is 1.62. The molecule has 1 aliphatic heterocycles. The van der Waals surface area contributed by atoms with Crippen LogP contribution in [0, 0.1) is 0 Å². The number of aryl methyl sites for hydroxylation is 1. The molecule has 0 spiro atoms. The van der Waals surface area contributed by atoms with E-state index >= 15 is 0 Å². The number of rotatable bonds is 5. The minimum Gasteiger partial charge on any atom is -0.454 e. The van der Waals surface area contributed by atoms with Crippen LogP contribution in [0.4, 0.5) is 0 Å². The molecule has 0 N–H and O–H groups in total. The molecule has 0 bridgehead atoms. The van der Waals surface area contributed by atoms with Gasteiger partial charge in [-0.2, -0.15) is 4.99 Å². The molecule has 2 heterocycles. The quantitative estimate of drug-likeness (QED) is 0.602. The maximum Gasteiger partial charge on any atom is 0.252 e. The summed E-state index contributed by atoms with van der Waals surface area (Å²) >= 11 is 3.29. The molecule has 1 aliphatic rings. The molecule has 7 heteroatoms. The molecule has 5 nitrogen and oxygen atoms in total. The molecule has 0 unspecified atom stereocenters. The number of fused-ring (bicyclic) bond motifs is 2. The molecule has 0 saturated heterocycles. The summed E-state index contributed by atoms with van der Waals surface area (Å²) in [7, 11) is 0. The highest BCUT2D eigenvalue weighted by Gasteiger charge is 2.17. The third-order valence-corrected chi connectivity index (χ3v) is 6.24. The first-order valence-electron chi connectivity index (χ1n) is 8.90. The van der Waals surface area contributed by atoms with Gasteiger partial charge in [0.25, 0.3) is 5.91 Å². The van der Waals surface area contributed by atoms with Crippen molar-refractivity contribution in [2.75, 3.05) is 12.5 Å². The average molecular weight is 401 g/mol. The van der Waals surface area contributed by atoms with Crippen LogP contribution in [-0.4, -0.2) is 23.0 Å². The largest absolute Gasteiger partial charge is 0.454 e. The number of hydrogen-bond acceptors (Lipinski definition) is 5. The van der Waals surface area contributed by atoms with Crippen LogP contribution < -0.4 is 14.3 Å². The highest BCUT2D eigenvalue weighted by atomic mass is 32.2. The van der Waals surface area contributed by atoms with Gasteiger partial charge in [-0.15, -0.1) is 11.8 Å². The Morgan fingerprint density at radius 3 is 2.63 bits per heavy atom. The van der Waals surface area contributed by atoms with Gasteiger partial charge in [0.15, 0.2) is 16.3 Å². The van der Waals surface area contributed by atoms with E-state index in [0.29, 0.717) is 11.2 Å². The van der Waals surface area contributed by atoms with Gasteiger partial charge in [-0.3, -0.25) is 4.79 Å². The van der Waals surface area contributed by atoms with Gasteiger partial charge >= 0.3 is 0 Å². The van der Waals surface area contributed by atoms with Crippen molar-refractivity contribution in [2.45, 2.75) is 31.7 Å². The summed E-state index contributed by atoms with van der Waals surface area (Å²) in [6, 6.07) is 12.0. The van der Waals surface area contributed by atoms with Crippen LogP contribution in [0.5, 0.6) is 11.5 Å². The van der Waals surface area contributed by atoms with E-state index in [2.05, 4.69) is 24.0 Å². The van der Waals surface area contributed by atoms with Crippen LogP contribution in [0.2, 0.25) is 0 Å². The second-order valence-electron chi connectivity index (χ2n) is 6.06. The van der Waals surface area contributed by atoms with E-state index in [-0.39, 0.29) is 12.7 Å². The summed E-state index contributed by atoms with van der Waals surface area (Å²) in [6.07, 6.45) is 0.303. The molecule has 1 amide bonds. The normalized spacial score (nSPS) is 13.5. The molecule has 0 saturated carbocycles. The van der Waals surface area contributed by atoms with Crippen LogP contribution in [0.3, 0.4) is 0 Å². The molecular weight excluding hydrogens is 380 g/mol. The molecular formula is C20H20N2O3S2. The zero-order chi connectivity index (χ0) is 18.8. The maximum absolute atomic E-state index is 12.5. The van der Waals surface area contributed by atoms with E-state index in [4.69, 9.17) is 9.47 Å². The minimum absolute atomic E-state index is 0.139. The molecule has 3 aromatic rings. The molecule has 0 radical (unpaired) electrons. The fourth-order valence-electron chi connectivity index (χ4n) is 3.04. The first-order valence-corrected chi connectivity index (χ1v) is 10.7. The lowest BCUT2D eigenvalue weighted by molar-refractivity contribution is -0.117. The van der Waals surface area contributed by atoms with Gasteiger partial charge in [0.1, 0.15) is 0 Å². The average Bonchev–Trinajstić information content (AvgIpc) is 3.24. The second kappa shape index (κ2) is 7.78. The monoisotopic (exact) mass is 400 g/mol. The lowest BCUT2D eigenvalue weighted by Crippen LogP contribution is -2.16.